The Morgan fingerprint density at radius 3 is 2.47 bits per heavy atom. The number of anilines is 3. The van der Waals surface area contributed by atoms with Crippen LogP contribution in [0.25, 0.3) is 11.5 Å². The molecule has 0 radical (unpaired) electrons. The molecule has 0 aliphatic carbocycles. The van der Waals surface area contributed by atoms with E-state index in [1.54, 1.807) is 18.2 Å². The molecule has 0 aliphatic rings. The number of aromatic nitrogens is 4. The fraction of sp³-hybridized carbons (Fsp3) is 0.125. The van der Waals surface area contributed by atoms with Crippen molar-refractivity contribution in [3.05, 3.63) is 47.6 Å². The van der Waals surface area contributed by atoms with Gasteiger partial charge in [-0.15, -0.1) is 0 Å². The Balaban J connectivity index is 1.86. The largest absolute Gasteiger partial charge is 0.402 e. The lowest BCUT2D eigenvalue weighted by Crippen LogP contribution is -2.33. The fourth-order valence-electron chi connectivity index (χ4n) is 2.23. The highest BCUT2D eigenvalue weighted by Crippen LogP contribution is 2.22. The van der Waals surface area contributed by atoms with Crippen LogP contribution in [0.5, 0.6) is 0 Å². The van der Waals surface area contributed by atoms with Crippen LogP contribution in [0.3, 0.4) is 0 Å². The molecule has 14 heteroatoms. The van der Waals surface area contributed by atoms with Crippen LogP contribution in [0, 0.1) is 0 Å². The first kappa shape index (κ1) is 21.7. The highest BCUT2D eigenvalue weighted by molar-refractivity contribution is 7.89. The summed E-state index contributed by atoms with van der Waals surface area (Å²) in [4.78, 5) is 15.7. The van der Waals surface area contributed by atoms with Gasteiger partial charge >= 0.3 is 6.18 Å². The van der Waals surface area contributed by atoms with Crippen molar-refractivity contribution < 1.29 is 21.6 Å². The van der Waals surface area contributed by atoms with Crippen molar-refractivity contribution >= 4 is 39.2 Å². The molecule has 4 N–H and O–H groups in total. The van der Waals surface area contributed by atoms with Crippen molar-refractivity contribution in [3.8, 4) is 11.5 Å². The summed E-state index contributed by atoms with van der Waals surface area (Å²) >= 11 is 5.86. The van der Waals surface area contributed by atoms with Crippen molar-refractivity contribution in [2.24, 2.45) is 0 Å². The van der Waals surface area contributed by atoms with Crippen LogP contribution in [0.2, 0.25) is 5.15 Å². The predicted octanol–water partition coefficient (Wildman–Crippen LogP) is 2.75. The first-order valence-corrected chi connectivity index (χ1v) is 9.96. The molecule has 0 fully saturated rings. The summed E-state index contributed by atoms with van der Waals surface area (Å²) in [6, 6.07) is 9.88. The van der Waals surface area contributed by atoms with Crippen LogP contribution >= 0.6 is 11.6 Å². The molecule has 0 spiro atoms. The van der Waals surface area contributed by atoms with Crippen molar-refractivity contribution in [3.63, 3.8) is 0 Å². The molecule has 0 saturated heterocycles. The van der Waals surface area contributed by atoms with Crippen molar-refractivity contribution in [2.45, 2.75) is 11.1 Å². The Bertz CT molecular complexity index is 1180. The van der Waals surface area contributed by atoms with Gasteiger partial charge in [-0.1, -0.05) is 23.7 Å². The predicted molar refractivity (Wildman–Crippen MR) is 103 cm³/mol. The van der Waals surface area contributed by atoms with Gasteiger partial charge < -0.3 is 11.1 Å². The van der Waals surface area contributed by atoms with Gasteiger partial charge in [0.15, 0.2) is 5.82 Å². The Kier molecular flexibility index (Phi) is 6.05. The Morgan fingerprint density at radius 1 is 1.03 bits per heavy atom. The molecule has 0 amide bonds. The quantitative estimate of drug-likeness (QED) is 0.479. The molecule has 0 aliphatic heterocycles. The second-order valence-electron chi connectivity index (χ2n) is 5.78. The van der Waals surface area contributed by atoms with Gasteiger partial charge in [-0.25, -0.2) is 18.1 Å². The molecule has 0 bridgehead atoms. The van der Waals surface area contributed by atoms with Gasteiger partial charge in [-0.2, -0.15) is 28.1 Å². The molecule has 30 heavy (non-hydrogen) atoms. The van der Waals surface area contributed by atoms with Gasteiger partial charge in [0.1, 0.15) is 17.4 Å². The number of pyridine rings is 1. The number of rotatable bonds is 6. The van der Waals surface area contributed by atoms with Gasteiger partial charge in [-0.05, 0) is 30.3 Å². The van der Waals surface area contributed by atoms with Gasteiger partial charge in [0.25, 0.3) is 0 Å². The van der Waals surface area contributed by atoms with E-state index in [4.69, 9.17) is 17.3 Å². The number of halogens is 4. The molecule has 3 aromatic rings. The van der Waals surface area contributed by atoms with Crippen molar-refractivity contribution in [2.75, 3.05) is 17.6 Å². The second-order valence-corrected chi connectivity index (χ2v) is 7.93. The lowest BCUT2D eigenvalue weighted by molar-refractivity contribution is -0.121. The molecule has 0 atom stereocenters. The minimum atomic E-state index is -4.68. The topological polar surface area (TPSA) is 136 Å². The average Bonchev–Trinajstić information content (AvgIpc) is 2.66. The third-order valence-corrected chi connectivity index (χ3v) is 5.07. The first-order valence-electron chi connectivity index (χ1n) is 8.10. The molecule has 2 aromatic heterocycles. The maximum absolute atomic E-state index is 12.3. The van der Waals surface area contributed by atoms with Crippen LogP contribution in [0.15, 0.2) is 47.4 Å². The van der Waals surface area contributed by atoms with Crippen molar-refractivity contribution in [1.82, 2.24) is 24.7 Å². The number of hydrogen-bond donors (Lipinski definition) is 3. The van der Waals surface area contributed by atoms with E-state index in [1.807, 2.05) is 0 Å². The minimum Gasteiger partial charge on any atom is -0.368 e. The van der Waals surface area contributed by atoms with E-state index in [9.17, 15) is 21.6 Å². The number of nitrogens with zero attached hydrogens (tertiary/aromatic N) is 4. The summed E-state index contributed by atoms with van der Waals surface area (Å²) in [6.07, 6.45) is -4.68. The molecule has 1 aromatic carbocycles. The Hall–Kier alpha value is -3.03. The smallest absolute Gasteiger partial charge is 0.368 e. The molecular weight excluding hydrogens is 447 g/mol. The number of nitrogens with two attached hydrogens (primary N) is 1. The van der Waals surface area contributed by atoms with E-state index in [-0.39, 0.29) is 33.5 Å². The number of alkyl halides is 3. The highest BCUT2D eigenvalue weighted by atomic mass is 35.5. The third kappa shape index (κ3) is 5.75. The number of nitrogen functional groups attached to an aromatic ring is 1. The molecule has 0 unspecified atom stereocenters. The standard InChI is InChI=1S/C16H13ClF3N7O2S/c17-12-6-2-5-11(24-12)13-25-14(21)27-15(26-13)23-9-3-1-4-10(7-9)30(28,29)22-8-16(18,19)20/h1-7,22H,8H2,(H3,21,23,25,26,27). The van der Waals surface area contributed by atoms with Gasteiger partial charge in [0, 0.05) is 5.69 Å². The van der Waals surface area contributed by atoms with Crippen LogP contribution < -0.4 is 15.8 Å². The molecule has 3 rings (SSSR count). The van der Waals surface area contributed by atoms with E-state index >= 15 is 0 Å². The third-order valence-electron chi connectivity index (χ3n) is 3.46. The highest BCUT2D eigenvalue weighted by Gasteiger charge is 2.30. The van der Waals surface area contributed by atoms with Crippen molar-refractivity contribution in [1.29, 1.82) is 0 Å². The zero-order valence-corrected chi connectivity index (χ0v) is 16.4. The summed E-state index contributed by atoms with van der Waals surface area (Å²) in [5.41, 5.74) is 6.21. The molecule has 2 heterocycles. The summed E-state index contributed by atoms with van der Waals surface area (Å²) in [5, 5.41) is 2.95. The Labute approximate surface area is 173 Å². The molecule has 158 valence electrons. The molecule has 0 saturated carbocycles. The minimum absolute atomic E-state index is 0.0305. The van der Waals surface area contributed by atoms with E-state index in [1.165, 1.54) is 16.9 Å². The zero-order chi connectivity index (χ0) is 21.9. The maximum Gasteiger partial charge on any atom is 0.402 e. The first-order chi connectivity index (χ1) is 14.0. The summed E-state index contributed by atoms with van der Waals surface area (Å²) in [6.45, 7) is -1.69. The maximum atomic E-state index is 12.3. The summed E-state index contributed by atoms with van der Waals surface area (Å²) in [7, 11) is -4.38. The Morgan fingerprint density at radius 2 is 1.77 bits per heavy atom. The second kappa shape index (κ2) is 8.38. The van der Waals surface area contributed by atoms with E-state index in [0.29, 0.717) is 5.69 Å². The monoisotopic (exact) mass is 459 g/mol. The zero-order valence-electron chi connectivity index (χ0n) is 14.9. The van der Waals surface area contributed by atoms with Crippen LogP contribution in [-0.4, -0.2) is 41.1 Å². The molecule has 9 nitrogen and oxygen atoms in total. The number of benzene rings is 1. The normalized spacial score (nSPS) is 12.0. The summed E-state index contributed by atoms with van der Waals surface area (Å²) < 4.78 is 62.6. The van der Waals surface area contributed by atoms with E-state index in [2.05, 4.69) is 25.3 Å². The summed E-state index contributed by atoms with van der Waals surface area (Å²) in [5.74, 6) is -0.0555. The van der Waals surface area contributed by atoms with Gasteiger partial charge in [0.05, 0.1) is 4.90 Å². The molecular formula is C16H13ClF3N7O2S. The average molecular weight is 460 g/mol. The van der Waals surface area contributed by atoms with Gasteiger partial charge in [-0.3, -0.25) is 0 Å². The fourth-order valence-corrected chi connectivity index (χ4v) is 3.45. The van der Waals surface area contributed by atoms with E-state index < -0.39 is 22.7 Å². The van der Waals surface area contributed by atoms with Crippen LogP contribution in [0.4, 0.5) is 30.8 Å². The lowest BCUT2D eigenvalue weighted by Gasteiger charge is -2.11. The van der Waals surface area contributed by atoms with Crippen LogP contribution in [-0.2, 0) is 10.0 Å². The SMILES string of the molecule is Nc1nc(Nc2cccc(S(=O)(=O)NCC(F)(F)F)c2)nc(-c2cccc(Cl)n2)n1. The van der Waals surface area contributed by atoms with E-state index in [0.717, 1.165) is 12.1 Å². The number of nitrogens with one attached hydrogen (secondary N) is 2. The lowest BCUT2D eigenvalue weighted by atomic mass is 10.3. The van der Waals surface area contributed by atoms with Crippen LogP contribution in [0.1, 0.15) is 0 Å². The number of sulfonamides is 1. The van der Waals surface area contributed by atoms with Gasteiger partial charge in [0.2, 0.25) is 21.9 Å². The number of hydrogen-bond acceptors (Lipinski definition) is 8.